The first kappa shape index (κ1) is 13.4. The molecule has 1 nitrogen and oxygen atoms in total. The molecule has 0 saturated carbocycles. The molecule has 0 rings (SSSR count). The van der Waals surface area contributed by atoms with E-state index in [9.17, 15) is 0 Å². The number of unbranched alkanes of at least 4 members (excludes halogenated alkanes) is 2. The molecule has 0 aliphatic rings. The van der Waals surface area contributed by atoms with Crippen LogP contribution in [0, 0.1) is 0 Å². The monoisotopic (exact) mass is 250 g/mol. The van der Waals surface area contributed by atoms with Gasteiger partial charge in [-0.25, -0.2) is 0 Å². The SMILES string of the molecule is CCCCOCCCC.[Sn+4]. The molecule has 0 fully saturated rings. The van der Waals surface area contributed by atoms with Gasteiger partial charge in [0.2, 0.25) is 0 Å². The van der Waals surface area contributed by atoms with Gasteiger partial charge in [0.05, 0.1) is 0 Å². The van der Waals surface area contributed by atoms with Gasteiger partial charge in [0.1, 0.15) is 0 Å². The van der Waals surface area contributed by atoms with Gasteiger partial charge in [-0.3, -0.25) is 0 Å². The maximum Gasteiger partial charge on any atom is 4.00 e. The van der Waals surface area contributed by atoms with E-state index in [4.69, 9.17) is 4.74 Å². The van der Waals surface area contributed by atoms with Crippen LogP contribution in [0.15, 0.2) is 0 Å². The van der Waals surface area contributed by atoms with Gasteiger partial charge in [0, 0.05) is 13.2 Å². The predicted molar refractivity (Wildman–Crippen MR) is 46.4 cm³/mol. The molecule has 0 aromatic heterocycles. The third kappa shape index (κ3) is 11.5. The normalized spacial score (nSPS) is 9.00. The van der Waals surface area contributed by atoms with Gasteiger partial charge in [0.15, 0.2) is 0 Å². The second-order valence-electron chi connectivity index (χ2n) is 2.32. The van der Waals surface area contributed by atoms with E-state index in [1.807, 2.05) is 0 Å². The summed E-state index contributed by atoms with van der Waals surface area (Å²) >= 11 is 0. The summed E-state index contributed by atoms with van der Waals surface area (Å²) in [5.41, 5.74) is 0. The number of hydrogen-bond acceptors (Lipinski definition) is 1. The number of hydrogen-bond donors (Lipinski definition) is 0. The maximum absolute atomic E-state index is 5.31. The van der Waals surface area contributed by atoms with Crippen LogP contribution in [-0.2, 0) is 4.74 Å². The molecule has 0 N–H and O–H groups in total. The topological polar surface area (TPSA) is 9.23 Å². The maximum atomic E-state index is 5.31. The van der Waals surface area contributed by atoms with Gasteiger partial charge in [-0.2, -0.15) is 0 Å². The summed E-state index contributed by atoms with van der Waals surface area (Å²) in [4.78, 5) is 0. The van der Waals surface area contributed by atoms with Gasteiger partial charge in [-0.15, -0.1) is 0 Å². The van der Waals surface area contributed by atoms with Crippen molar-refractivity contribution in [3.05, 3.63) is 0 Å². The third-order valence-electron chi connectivity index (χ3n) is 1.28. The zero-order valence-corrected chi connectivity index (χ0v) is 10.0. The van der Waals surface area contributed by atoms with Crippen molar-refractivity contribution >= 4 is 23.9 Å². The first-order valence-electron chi connectivity index (χ1n) is 3.99. The van der Waals surface area contributed by atoms with Crippen LogP contribution in [0.25, 0.3) is 0 Å². The van der Waals surface area contributed by atoms with Gasteiger partial charge in [0.25, 0.3) is 0 Å². The van der Waals surface area contributed by atoms with Crippen LogP contribution < -0.4 is 0 Å². The van der Waals surface area contributed by atoms with E-state index < -0.39 is 0 Å². The molecule has 0 saturated heterocycles. The van der Waals surface area contributed by atoms with Crippen LogP contribution in [0.2, 0.25) is 0 Å². The van der Waals surface area contributed by atoms with Crippen LogP contribution in [0.1, 0.15) is 39.5 Å². The molecule has 0 spiro atoms. The molecule has 10 heavy (non-hydrogen) atoms. The molecule has 2 heteroatoms. The van der Waals surface area contributed by atoms with Gasteiger partial charge in [-0.05, 0) is 12.8 Å². The van der Waals surface area contributed by atoms with Crippen molar-refractivity contribution < 1.29 is 4.74 Å². The van der Waals surface area contributed by atoms with Gasteiger partial charge < -0.3 is 4.74 Å². The summed E-state index contributed by atoms with van der Waals surface area (Å²) in [5.74, 6) is 0. The minimum atomic E-state index is 0. The molecule has 0 aliphatic heterocycles. The summed E-state index contributed by atoms with van der Waals surface area (Å²) in [6.45, 7) is 6.28. The van der Waals surface area contributed by atoms with Crippen molar-refractivity contribution in [3.8, 4) is 0 Å². The van der Waals surface area contributed by atoms with Crippen LogP contribution in [-0.4, -0.2) is 37.1 Å². The van der Waals surface area contributed by atoms with Crippen LogP contribution in [0.5, 0.6) is 0 Å². The van der Waals surface area contributed by atoms with E-state index in [0.29, 0.717) is 0 Å². The summed E-state index contributed by atoms with van der Waals surface area (Å²) in [7, 11) is 0. The van der Waals surface area contributed by atoms with E-state index in [1.54, 1.807) is 0 Å². The Kier molecular flexibility index (Phi) is 16.6. The molecule has 56 valence electrons. The Morgan fingerprint density at radius 1 is 0.900 bits per heavy atom. The summed E-state index contributed by atoms with van der Waals surface area (Å²) in [5, 5.41) is 0. The Morgan fingerprint density at radius 2 is 1.30 bits per heavy atom. The van der Waals surface area contributed by atoms with Crippen LogP contribution in [0.4, 0.5) is 0 Å². The van der Waals surface area contributed by atoms with Crippen molar-refractivity contribution in [2.24, 2.45) is 0 Å². The first-order chi connectivity index (χ1) is 4.41. The van der Waals surface area contributed by atoms with E-state index in [1.165, 1.54) is 25.7 Å². The van der Waals surface area contributed by atoms with E-state index >= 15 is 0 Å². The molecule has 0 bridgehead atoms. The smallest absolute Gasteiger partial charge is 0.381 e. The second-order valence-corrected chi connectivity index (χ2v) is 2.32. The fourth-order valence-electron chi connectivity index (χ4n) is 0.595. The number of ether oxygens (including phenoxy) is 1. The molecule has 0 aromatic carbocycles. The minimum Gasteiger partial charge on any atom is -0.381 e. The Hall–Kier alpha value is 0.759. The largest absolute Gasteiger partial charge is 4.00 e. The van der Waals surface area contributed by atoms with Crippen molar-refractivity contribution in [2.45, 2.75) is 39.5 Å². The molecular formula is C8H18OSn+4. The van der Waals surface area contributed by atoms with Crippen molar-refractivity contribution in [2.75, 3.05) is 13.2 Å². The zero-order valence-electron chi connectivity index (χ0n) is 7.15. The van der Waals surface area contributed by atoms with E-state index in [-0.39, 0.29) is 23.9 Å². The van der Waals surface area contributed by atoms with Crippen molar-refractivity contribution in [3.63, 3.8) is 0 Å². The average molecular weight is 249 g/mol. The standard InChI is InChI=1S/C8H18O.Sn/c1-3-5-7-9-8-6-4-2;/h3-8H2,1-2H3;/q;+4. The third-order valence-corrected chi connectivity index (χ3v) is 1.28. The first-order valence-corrected chi connectivity index (χ1v) is 3.99. The van der Waals surface area contributed by atoms with E-state index in [2.05, 4.69) is 13.8 Å². The Morgan fingerprint density at radius 3 is 1.60 bits per heavy atom. The molecule has 0 radical (unpaired) electrons. The van der Waals surface area contributed by atoms with Crippen LogP contribution in [0.3, 0.4) is 0 Å². The quantitative estimate of drug-likeness (QED) is 0.518. The fourth-order valence-corrected chi connectivity index (χ4v) is 0.595. The molecule has 0 unspecified atom stereocenters. The second kappa shape index (κ2) is 12.4. The van der Waals surface area contributed by atoms with Crippen molar-refractivity contribution in [1.29, 1.82) is 0 Å². The Labute approximate surface area is 81.5 Å². The molecule has 0 amide bonds. The molecule has 0 atom stereocenters. The van der Waals surface area contributed by atoms with Crippen LogP contribution >= 0.6 is 0 Å². The Balaban J connectivity index is 0. The molecule has 0 heterocycles. The summed E-state index contributed by atoms with van der Waals surface area (Å²) < 4.78 is 5.31. The van der Waals surface area contributed by atoms with Crippen molar-refractivity contribution in [1.82, 2.24) is 0 Å². The molecule has 0 aliphatic carbocycles. The predicted octanol–water partition coefficient (Wildman–Crippen LogP) is 2.22. The molecule has 0 aromatic rings. The average Bonchev–Trinajstić information content (AvgIpc) is 1.89. The molecular weight excluding hydrogens is 231 g/mol. The fraction of sp³-hybridized carbons (Fsp3) is 1.00. The van der Waals surface area contributed by atoms with Gasteiger partial charge >= 0.3 is 23.9 Å². The van der Waals surface area contributed by atoms with E-state index in [0.717, 1.165) is 13.2 Å². The summed E-state index contributed by atoms with van der Waals surface area (Å²) in [6.07, 6.45) is 4.91. The summed E-state index contributed by atoms with van der Waals surface area (Å²) in [6, 6.07) is 0. The Bertz CT molecular complexity index is 42.5. The van der Waals surface area contributed by atoms with Gasteiger partial charge in [-0.1, -0.05) is 26.7 Å². The minimum absolute atomic E-state index is 0. The zero-order chi connectivity index (χ0) is 6.95. The number of rotatable bonds is 6.